The number of rotatable bonds is 13. The maximum atomic E-state index is 13.0. The van der Waals surface area contributed by atoms with Crippen molar-refractivity contribution in [3.8, 4) is 12.8 Å². The van der Waals surface area contributed by atoms with Crippen LogP contribution in [0.1, 0.15) is 109 Å². The lowest BCUT2D eigenvalue weighted by atomic mass is 10.0. The molecule has 0 saturated carbocycles. The Morgan fingerprint density at radius 1 is 1.14 bits per heavy atom. The fraction of sp³-hybridized carbons (Fsp3) is 0.533. The molecule has 0 bridgehead atoms. The lowest BCUT2D eigenvalue weighted by Gasteiger charge is -2.15. The fourth-order valence-electron chi connectivity index (χ4n) is 3.42. The second-order valence-electron chi connectivity index (χ2n) is 7.06. The smallest absolute Gasteiger partial charge is 0.183 e. The minimum Gasteiger partial charge on any atom is -0.330 e. The molecule has 0 atom stereocenters. The number of ketones is 1. The molecule has 0 amide bonds. The van der Waals surface area contributed by atoms with Crippen LogP contribution in [0.3, 0.4) is 0 Å². The first-order valence-electron chi connectivity index (χ1n) is 13.1. The zero-order valence-corrected chi connectivity index (χ0v) is 25.6. The molecule has 1 rings (SSSR count). The molecule has 0 aliphatic heterocycles. The summed E-state index contributed by atoms with van der Waals surface area (Å²) >= 11 is 10.3. The molecular formula is C30H50ClN3OS. The van der Waals surface area contributed by atoms with E-state index in [1.165, 1.54) is 0 Å². The molecule has 6 heteroatoms. The lowest BCUT2D eigenvalue weighted by molar-refractivity contribution is 0.0973. The number of hydrogen-bond donors (Lipinski definition) is 2. The van der Waals surface area contributed by atoms with E-state index >= 15 is 0 Å². The third kappa shape index (κ3) is 12.8. The van der Waals surface area contributed by atoms with Gasteiger partial charge in [-0.1, -0.05) is 72.3 Å². The van der Waals surface area contributed by atoms with Crippen LogP contribution in [0.15, 0.2) is 35.3 Å². The maximum Gasteiger partial charge on any atom is 0.183 e. The summed E-state index contributed by atoms with van der Waals surface area (Å²) in [5.74, 6) is 0.499. The number of allylic oxidation sites excluding steroid dienone is 7. The van der Waals surface area contributed by atoms with Gasteiger partial charge in [0.25, 0.3) is 0 Å². The van der Waals surface area contributed by atoms with E-state index in [2.05, 4.69) is 45.4 Å². The van der Waals surface area contributed by atoms with Gasteiger partial charge in [-0.15, -0.1) is 24.4 Å². The van der Waals surface area contributed by atoms with Crippen molar-refractivity contribution < 1.29 is 4.79 Å². The molecule has 0 fully saturated rings. The monoisotopic (exact) mass is 535 g/mol. The van der Waals surface area contributed by atoms with Crippen LogP contribution in [0.5, 0.6) is 0 Å². The van der Waals surface area contributed by atoms with E-state index in [0.29, 0.717) is 24.5 Å². The van der Waals surface area contributed by atoms with Gasteiger partial charge < -0.3 is 5.73 Å². The van der Waals surface area contributed by atoms with Gasteiger partial charge in [0.15, 0.2) is 5.78 Å². The SMILES string of the molecule is C#C.C/C=C(\C(=C/S)CC)n1nc(C(=O)CCCCCN)c(C)c1C(/C=C\CCl)=C/CC.CC.CC. The van der Waals surface area contributed by atoms with Gasteiger partial charge >= 0.3 is 0 Å². The van der Waals surface area contributed by atoms with Gasteiger partial charge in [0, 0.05) is 17.9 Å². The van der Waals surface area contributed by atoms with Crippen LogP contribution in [0.2, 0.25) is 0 Å². The Bertz CT molecular complexity index is 861. The molecular weight excluding hydrogens is 486 g/mol. The molecule has 0 unspecified atom stereocenters. The Morgan fingerprint density at radius 2 is 1.75 bits per heavy atom. The van der Waals surface area contributed by atoms with Crippen LogP contribution in [0, 0.1) is 19.8 Å². The van der Waals surface area contributed by atoms with Gasteiger partial charge in [-0.25, -0.2) is 4.68 Å². The van der Waals surface area contributed by atoms with Crippen LogP contribution in [-0.2, 0) is 0 Å². The van der Waals surface area contributed by atoms with Gasteiger partial charge in [-0.3, -0.25) is 4.79 Å². The zero-order valence-electron chi connectivity index (χ0n) is 23.9. The predicted molar refractivity (Wildman–Crippen MR) is 167 cm³/mol. The Labute approximate surface area is 232 Å². The van der Waals surface area contributed by atoms with E-state index < -0.39 is 0 Å². The Hall–Kier alpha value is -2.00. The lowest BCUT2D eigenvalue weighted by Crippen LogP contribution is -2.07. The molecule has 1 aromatic heterocycles. The topological polar surface area (TPSA) is 60.9 Å². The molecule has 0 radical (unpaired) electrons. The summed E-state index contributed by atoms with van der Waals surface area (Å²) in [5.41, 5.74) is 10.9. The van der Waals surface area contributed by atoms with Gasteiger partial charge in [-0.05, 0) is 62.6 Å². The molecule has 0 aromatic carbocycles. The first-order valence-corrected chi connectivity index (χ1v) is 14.1. The highest BCUT2D eigenvalue weighted by Crippen LogP contribution is 2.31. The summed E-state index contributed by atoms with van der Waals surface area (Å²) in [5, 5.41) is 6.61. The van der Waals surface area contributed by atoms with Crippen LogP contribution in [0.25, 0.3) is 11.3 Å². The zero-order chi connectivity index (χ0) is 28.5. The van der Waals surface area contributed by atoms with Crippen LogP contribution in [0.4, 0.5) is 0 Å². The van der Waals surface area contributed by atoms with E-state index in [1.54, 1.807) is 0 Å². The van der Waals surface area contributed by atoms with Crippen molar-refractivity contribution in [1.82, 2.24) is 9.78 Å². The van der Waals surface area contributed by atoms with Crippen molar-refractivity contribution in [2.75, 3.05) is 12.4 Å². The van der Waals surface area contributed by atoms with Crippen molar-refractivity contribution in [1.29, 1.82) is 0 Å². The number of carbonyl (C=O) groups excluding carboxylic acids is 1. The van der Waals surface area contributed by atoms with Gasteiger partial charge in [0.05, 0.1) is 11.4 Å². The van der Waals surface area contributed by atoms with E-state index in [-0.39, 0.29) is 5.78 Å². The van der Waals surface area contributed by atoms with Gasteiger partial charge in [-0.2, -0.15) is 17.7 Å². The highest BCUT2D eigenvalue weighted by molar-refractivity contribution is 7.83. The summed E-state index contributed by atoms with van der Waals surface area (Å²) in [6.45, 7) is 16.8. The average Bonchev–Trinajstić information content (AvgIpc) is 3.27. The number of aromatic nitrogens is 2. The van der Waals surface area contributed by atoms with Crippen LogP contribution >= 0.6 is 24.2 Å². The molecule has 204 valence electrons. The van der Waals surface area contributed by atoms with E-state index in [1.807, 2.05) is 69.9 Å². The molecule has 0 aliphatic rings. The summed E-state index contributed by atoms with van der Waals surface area (Å²) in [4.78, 5) is 13.0. The number of unbranched alkanes of at least 4 members (excludes halogenated alkanes) is 2. The number of terminal acetylenes is 1. The second kappa shape index (κ2) is 26.1. The Kier molecular flexibility index (Phi) is 27.9. The molecule has 0 saturated heterocycles. The van der Waals surface area contributed by atoms with Gasteiger partial charge in [0.2, 0.25) is 0 Å². The number of nitrogens with zero attached hydrogens (tertiary/aromatic N) is 2. The predicted octanol–water partition coefficient (Wildman–Crippen LogP) is 8.87. The summed E-state index contributed by atoms with van der Waals surface area (Å²) in [6.07, 6.45) is 21.0. The van der Waals surface area contributed by atoms with Crippen molar-refractivity contribution >= 4 is 41.3 Å². The standard InChI is InChI=1S/C24H36ClN3OS.2C2H6.C2H2/c1-5-12-20(13-11-15-25)24-18(4)23(22(29)14-9-8-10-16-26)27-28(24)21(7-3)19(6-2)17-30;3*1-2/h7,11-13,17,30H,5-6,8-10,14-16,26H2,1-4H3;2*1-2H3;1-2H/b13-11-,19-17-,20-12+,21-7+;;;. The number of nitrogens with two attached hydrogens (primary N) is 1. The summed E-state index contributed by atoms with van der Waals surface area (Å²) in [6, 6.07) is 0. The number of carbonyl (C=O) groups is 1. The van der Waals surface area contributed by atoms with E-state index in [0.717, 1.165) is 60.2 Å². The summed E-state index contributed by atoms with van der Waals surface area (Å²) < 4.78 is 1.90. The molecule has 1 heterocycles. The largest absolute Gasteiger partial charge is 0.330 e. The second-order valence-corrected chi connectivity index (χ2v) is 7.63. The first-order chi connectivity index (χ1) is 17.5. The van der Waals surface area contributed by atoms with Crippen molar-refractivity contribution in [2.45, 2.75) is 93.9 Å². The number of hydrogen-bond acceptors (Lipinski definition) is 4. The molecule has 2 N–H and O–H groups in total. The Balaban J connectivity index is -0.00000168. The maximum absolute atomic E-state index is 13.0. The quantitative estimate of drug-likeness (QED) is 0.0661. The first kappa shape index (κ1) is 38.5. The number of halogens is 1. The van der Waals surface area contributed by atoms with E-state index in [4.69, 9.17) is 22.4 Å². The molecule has 4 nitrogen and oxygen atoms in total. The van der Waals surface area contributed by atoms with Crippen molar-refractivity contribution in [2.24, 2.45) is 5.73 Å². The molecule has 36 heavy (non-hydrogen) atoms. The van der Waals surface area contributed by atoms with Crippen molar-refractivity contribution in [3.63, 3.8) is 0 Å². The van der Waals surface area contributed by atoms with Crippen molar-refractivity contribution in [3.05, 3.63) is 52.2 Å². The number of alkyl halides is 1. The minimum atomic E-state index is 0.0741. The van der Waals surface area contributed by atoms with Crippen LogP contribution < -0.4 is 5.73 Å². The fourth-order valence-corrected chi connectivity index (χ4v) is 3.82. The highest BCUT2D eigenvalue weighted by Gasteiger charge is 2.23. The van der Waals surface area contributed by atoms with Gasteiger partial charge in [0.1, 0.15) is 5.69 Å². The molecule has 0 aliphatic carbocycles. The molecule has 1 aromatic rings. The highest BCUT2D eigenvalue weighted by atomic mass is 35.5. The minimum absolute atomic E-state index is 0.0741. The summed E-state index contributed by atoms with van der Waals surface area (Å²) in [7, 11) is 0. The third-order valence-electron chi connectivity index (χ3n) is 4.95. The average molecular weight is 536 g/mol. The van der Waals surface area contributed by atoms with Crippen LogP contribution in [-0.4, -0.2) is 28.0 Å². The molecule has 0 spiro atoms. The normalized spacial score (nSPS) is 11.6. The number of thiol groups is 1. The third-order valence-corrected chi connectivity index (χ3v) is 5.44. The Morgan fingerprint density at radius 3 is 2.19 bits per heavy atom. The van der Waals surface area contributed by atoms with E-state index in [9.17, 15) is 4.79 Å². The number of Topliss-reactive ketones (excluding diaryl/α,β-unsaturated/α-hetero) is 1.